The molecule has 1 heterocycles. The van der Waals surface area contributed by atoms with E-state index in [1.807, 2.05) is 13.8 Å². The second kappa shape index (κ2) is 7.55. The van der Waals surface area contributed by atoms with Crippen molar-refractivity contribution < 1.29 is 4.74 Å². The highest BCUT2D eigenvalue weighted by Gasteiger charge is 2.18. The van der Waals surface area contributed by atoms with Gasteiger partial charge in [0.05, 0.1) is 13.2 Å². The second-order valence-corrected chi connectivity index (χ2v) is 5.12. The van der Waals surface area contributed by atoms with Crippen LogP contribution in [0.1, 0.15) is 13.8 Å². The van der Waals surface area contributed by atoms with Crippen LogP contribution in [-0.2, 0) is 11.3 Å². The Morgan fingerprint density at radius 3 is 2.67 bits per heavy atom. The van der Waals surface area contributed by atoms with Crippen molar-refractivity contribution in [1.82, 2.24) is 9.55 Å². The number of aromatic amines is 1. The smallest absolute Gasteiger partial charge is 0.330 e. The van der Waals surface area contributed by atoms with Crippen molar-refractivity contribution in [2.45, 2.75) is 20.4 Å². The molecule has 1 aromatic heterocycles. The van der Waals surface area contributed by atoms with Gasteiger partial charge in [-0.2, -0.15) is 0 Å². The second-order valence-electron chi connectivity index (χ2n) is 5.12. The van der Waals surface area contributed by atoms with Gasteiger partial charge in [-0.05, 0) is 5.92 Å². The lowest BCUT2D eigenvalue weighted by Gasteiger charge is -2.24. The van der Waals surface area contributed by atoms with Gasteiger partial charge in [0.15, 0.2) is 0 Å². The molecule has 0 saturated carbocycles. The maximum absolute atomic E-state index is 12.1. The molecule has 0 unspecified atom stereocenters. The van der Waals surface area contributed by atoms with Crippen LogP contribution in [0.25, 0.3) is 0 Å². The van der Waals surface area contributed by atoms with E-state index in [1.165, 1.54) is 4.57 Å². The number of aromatic nitrogens is 2. The molecule has 0 fully saturated rings. The predicted octanol–water partition coefficient (Wildman–Crippen LogP) is -0.139. The van der Waals surface area contributed by atoms with Gasteiger partial charge in [0.2, 0.25) is 0 Å². The third-order valence-electron chi connectivity index (χ3n) is 2.93. The van der Waals surface area contributed by atoms with Crippen LogP contribution in [-0.4, -0.2) is 36.4 Å². The maximum atomic E-state index is 12.1. The van der Waals surface area contributed by atoms with E-state index in [-0.39, 0.29) is 24.0 Å². The Bertz CT molecular complexity index is 625. The first-order chi connectivity index (χ1) is 9.92. The fourth-order valence-corrected chi connectivity index (χ4v) is 2.01. The van der Waals surface area contributed by atoms with Crippen LogP contribution in [0.3, 0.4) is 0 Å². The molecule has 21 heavy (non-hydrogen) atoms. The number of nitrogens with two attached hydrogens (primary N) is 1. The Balaban J connectivity index is 3.36. The third-order valence-corrected chi connectivity index (χ3v) is 2.93. The maximum Gasteiger partial charge on any atom is 0.330 e. The van der Waals surface area contributed by atoms with Gasteiger partial charge in [-0.25, -0.2) is 4.79 Å². The average molecular weight is 294 g/mol. The first kappa shape index (κ1) is 16.9. The van der Waals surface area contributed by atoms with E-state index < -0.39 is 11.2 Å². The molecule has 116 valence electrons. The van der Waals surface area contributed by atoms with Crippen molar-refractivity contribution in [3.8, 4) is 12.3 Å². The summed E-state index contributed by atoms with van der Waals surface area (Å²) in [5, 5.41) is 0. The van der Waals surface area contributed by atoms with Crippen LogP contribution < -0.4 is 21.9 Å². The summed E-state index contributed by atoms with van der Waals surface area (Å²) in [5.74, 6) is 2.82. The van der Waals surface area contributed by atoms with Gasteiger partial charge in [0, 0.05) is 20.2 Å². The summed E-state index contributed by atoms with van der Waals surface area (Å²) in [4.78, 5) is 27.9. The topological polar surface area (TPSA) is 93.3 Å². The van der Waals surface area contributed by atoms with Crippen molar-refractivity contribution in [1.29, 1.82) is 0 Å². The molecule has 0 bridgehead atoms. The Morgan fingerprint density at radius 1 is 1.48 bits per heavy atom. The quantitative estimate of drug-likeness (QED) is 0.683. The Labute approximate surface area is 123 Å². The molecule has 7 heteroatoms. The Morgan fingerprint density at radius 2 is 2.14 bits per heavy atom. The molecule has 1 rings (SSSR count). The largest absolute Gasteiger partial charge is 0.383 e. The van der Waals surface area contributed by atoms with Gasteiger partial charge in [-0.3, -0.25) is 14.3 Å². The van der Waals surface area contributed by atoms with Crippen molar-refractivity contribution in [2.24, 2.45) is 5.92 Å². The molecular formula is C14H22N4O3. The lowest BCUT2D eigenvalue weighted by atomic mass is 10.2. The summed E-state index contributed by atoms with van der Waals surface area (Å²) in [6, 6.07) is 0. The van der Waals surface area contributed by atoms with Crippen molar-refractivity contribution in [3.63, 3.8) is 0 Å². The van der Waals surface area contributed by atoms with Gasteiger partial charge in [0.25, 0.3) is 5.56 Å². The lowest BCUT2D eigenvalue weighted by Crippen LogP contribution is -2.40. The number of rotatable bonds is 7. The number of hydrogen-bond donors (Lipinski definition) is 2. The molecule has 0 aliphatic heterocycles. The Kier molecular flexibility index (Phi) is 6.06. The highest BCUT2D eigenvalue weighted by Crippen LogP contribution is 2.16. The van der Waals surface area contributed by atoms with E-state index in [0.717, 1.165) is 0 Å². The van der Waals surface area contributed by atoms with Gasteiger partial charge in [-0.1, -0.05) is 19.8 Å². The molecule has 0 aromatic carbocycles. The summed E-state index contributed by atoms with van der Waals surface area (Å²) >= 11 is 0. The SMILES string of the molecule is C#CCN(CCOC)c1c(N)n(CC(C)C)c(=O)[nH]c1=O. The molecule has 0 amide bonds. The van der Waals surface area contributed by atoms with Crippen LogP contribution in [0.15, 0.2) is 9.59 Å². The number of H-pyrrole nitrogens is 1. The summed E-state index contributed by atoms with van der Waals surface area (Å²) in [5.41, 5.74) is 5.19. The van der Waals surface area contributed by atoms with Crippen LogP contribution in [0.4, 0.5) is 11.5 Å². The minimum absolute atomic E-state index is 0.129. The van der Waals surface area contributed by atoms with Gasteiger partial charge >= 0.3 is 5.69 Å². The van der Waals surface area contributed by atoms with Gasteiger partial charge < -0.3 is 15.4 Å². The average Bonchev–Trinajstić information content (AvgIpc) is 2.40. The number of nitrogens with zero attached hydrogens (tertiary/aromatic N) is 2. The fraction of sp³-hybridized carbons (Fsp3) is 0.571. The summed E-state index contributed by atoms with van der Waals surface area (Å²) < 4.78 is 6.37. The normalized spacial score (nSPS) is 10.6. The van der Waals surface area contributed by atoms with E-state index in [1.54, 1.807) is 12.0 Å². The summed E-state index contributed by atoms with van der Waals surface area (Å²) in [6.45, 7) is 5.35. The highest BCUT2D eigenvalue weighted by atomic mass is 16.5. The minimum Gasteiger partial charge on any atom is -0.383 e. The first-order valence-electron chi connectivity index (χ1n) is 6.72. The van der Waals surface area contributed by atoms with E-state index in [4.69, 9.17) is 16.9 Å². The summed E-state index contributed by atoms with van der Waals surface area (Å²) in [6.07, 6.45) is 5.33. The molecule has 0 atom stereocenters. The number of anilines is 2. The van der Waals surface area contributed by atoms with E-state index in [2.05, 4.69) is 10.9 Å². The van der Waals surface area contributed by atoms with Crippen LogP contribution in [0.5, 0.6) is 0 Å². The molecule has 7 nitrogen and oxygen atoms in total. The number of methoxy groups -OCH3 is 1. The highest BCUT2D eigenvalue weighted by molar-refractivity contribution is 5.63. The summed E-state index contributed by atoms with van der Waals surface area (Å²) in [7, 11) is 1.56. The van der Waals surface area contributed by atoms with Crippen molar-refractivity contribution >= 4 is 11.5 Å². The number of ether oxygens (including phenoxy) is 1. The zero-order chi connectivity index (χ0) is 16.0. The van der Waals surface area contributed by atoms with Crippen molar-refractivity contribution in [2.75, 3.05) is 37.4 Å². The predicted molar refractivity (Wildman–Crippen MR) is 83.5 cm³/mol. The molecule has 0 spiro atoms. The molecule has 0 aliphatic carbocycles. The van der Waals surface area contributed by atoms with E-state index >= 15 is 0 Å². The zero-order valence-corrected chi connectivity index (χ0v) is 12.7. The molecule has 1 aromatic rings. The van der Waals surface area contributed by atoms with Crippen LogP contribution >= 0.6 is 0 Å². The molecule has 3 N–H and O–H groups in total. The molecule has 0 aliphatic rings. The van der Waals surface area contributed by atoms with E-state index in [0.29, 0.717) is 19.7 Å². The van der Waals surface area contributed by atoms with E-state index in [9.17, 15) is 9.59 Å². The van der Waals surface area contributed by atoms with Gasteiger partial charge in [-0.15, -0.1) is 6.42 Å². The zero-order valence-electron chi connectivity index (χ0n) is 12.7. The first-order valence-corrected chi connectivity index (χ1v) is 6.72. The number of hydrogen-bond acceptors (Lipinski definition) is 5. The number of nitrogen functional groups attached to an aromatic ring is 1. The lowest BCUT2D eigenvalue weighted by molar-refractivity contribution is 0.206. The van der Waals surface area contributed by atoms with Gasteiger partial charge in [0.1, 0.15) is 11.5 Å². The van der Waals surface area contributed by atoms with Crippen molar-refractivity contribution in [3.05, 3.63) is 20.8 Å². The number of nitrogens with one attached hydrogen (secondary N) is 1. The van der Waals surface area contributed by atoms with Crippen LogP contribution in [0.2, 0.25) is 0 Å². The minimum atomic E-state index is -0.538. The Hall–Kier alpha value is -2.20. The monoisotopic (exact) mass is 294 g/mol. The molecular weight excluding hydrogens is 272 g/mol. The standard InChI is InChI=1S/C14H22N4O3/c1-5-6-17(7-8-21-4)11-12(15)18(9-10(2)3)14(20)16-13(11)19/h1,10H,6-9,15H2,2-4H3,(H,16,19,20). The van der Waals surface area contributed by atoms with Crippen LogP contribution in [0, 0.1) is 18.3 Å². The third kappa shape index (κ3) is 4.13. The molecule has 0 radical (unpaired) electrons. The molecule has 0 saturated heterocycles. The number of terminal acetylenes is 1. The fourth-order valence-electron chi connectivity index (χ4n) is 2.01.